The molecule has 1 aliphatic carbocycles. The van der Waals surface area contributed by atoms with Gasteiger partial charge in [-0.05, 0) is 32.8 Å². The Labute approximate surface area is 282 Å². The molecule has 14 heteroatoms. The van der Waals surface area contributed by atoms with Crippen LogP contribution in [0.1, 0.15) is 59.9 Å². The zero-order chi connectivity index (χ0) is 32.9. The van der Waals surface area contributed by atoms with Crippen LogP contribution in [-0.2, 0) is 10.5 Å². The van der Waals surface area contributed by atoms with Crippen LogP contribution in [0, 0.1) is 28.1 Å². The van der Waals surface area contributed by atoms with E-state index in [4.69, 9.17) is 26.2 Å². The molecule has 0 unspecified atom stereocenters. The topological polar surface area (TPSA) is 177 Å². The van der Waals surface area contributed by atoms with Crippen molar-refractivity contribution in [2.75, 3.05) is 67.2 Å². The van der Waals surface area contributed by atoms with Crippen molar-refractivity contribution in [2.24, 2.45) is 5.41 Å². The lowest BCUT2D eigenvalue weighted by molar-refractivity contribution is 0.122. The molecular weight excluding hydrogens is 633 g/mol. The third kappa shape index (κ3) is 5.43. The maximum atomic E-state index is 10.6. The van der Waals surface area contributed by atoms with Gasteiger partial charge in [-0.25, -0.2) is 4.98 Å². The number of fused-ring (bicyclic) bond motifs is 2. The number of ether oxygens (including phenoxy) is 1. The normalized spacial score (nSPS) is 20.8. The van der Waals surface area contributed by atoms with Gasteiger partial charge in [-0.2, -0.15) is 20.5 Å². The summed E-state index contributed by atoms with van der Waals surface area (Å²) in [6.45, 7) is 7.94. The molecular formula is C33H38N10O2S2. The van der Waals surface area contributed by atoms with Crippen LogP contribution in [0.5, 0.6) is 6.01 Å². The zero-order valence-electron chi connectivity index (χ0n) is 26.5. The van der Waals surface area contributed by atoms with E-state index in [2.05, 4.69) is 39.1 Å². The van der Waals surface area contributed by atoms with Crippen molar-refractivity contribution in [3.8, 4) is 18.1 Å². The molecule has 2 atom stereocenters. The molecule has 5 N–H and O–H groups in total. The van der Waals surface area contributed by atoms with Crippen molar-refractivity contribution >= 4 is 45.6 Å². The predicted molar refractivity (Wildman–Crippen MR) is 184 cm³/mol. The molecule has 1 saturated carbocycles. The van der Waals surface area contributed by atoms with E-state index in [9.17, 15) is 15.6 Å². The van der Waals surface area contributed by atoms with E-state index in [1.54, 1.807) is 6.20 Å². The third-order valence-electron chi connectivity index (χ3n) is 9.97. The number of nitrogen functional groups attached to an aromatic ring is 2. The van der Waals surface area contributed by atoms with E-state index in [0.717, 1.165) is 47.7 Å². The molecule has 0 bridgehead atoms. The van der Waals surface area contributed by atoms with Crippen LogP contribution in [-0.4, -0.2) is 76.9 Å². The molecule has 0 radical (unpaired) electrons. The van der Waals surface area contributed by atoms with Crippen LogP contribution in [0.3, 0.4) is 0 Å². The number of hydrogen-bond donors (Lipinski definition) is 3. The van der Waals surface area contributed by atoms with E-state index < -0.39 is 0 Å². The molecule has 4 aliphatic rings. The maximum absolute atomic E-state index is 10.6. The Morgan fingerprint density at radius 1 is 1.21 bits per heavy atom. The lowest BCUT2D eigenvalue weighted by atomic mass is 9.88. The average molecular weight is 671 g/mol. The number of nitrogens with zero attached hydrogens (tertiary/aromatic N) is 8. The molecule has 12 nitrogen and oxygen atoms in total. The van der Waals surface area contributed by atoms with E-state index in [0.29, 0.717) is 59.8 Å². The summed E-state index contributed by atoms with van der Waals surface area (Å²) in [4.78, 5) is 21.7. The fraction of sp³-hybridized carbons (Fsp3) is 0.485. The highest BCUT2D eigenvalue weighted by atomic mass is 32.2. The van der Waals surface area contributed by atoms with Crippen LogP contribution in [0.4, 0.5) is 22.5 Å². The Bertz CT molecular complexity index is 1800. The summed E-state index contributed by atoms with van der Waals surface area (Å²) in [6, 6.07) is 8.57. The summed E-state index contributed by atoms with van der Waals surface area (Å²) in [7, 11) is 0. The fourth-order valence-corrected chi connectivity index (χ4v) is 9.96. The Hall–Kier alpha value is -4.08. The second-order valence-corrected chi connectivity index (χ2v) is 15.4. The van der Waals surface area contributed by atoms with Crippen molar-refractivity contribution in [2.45, 2.75) is 49.3 Å². The number of pyridine rings is 1. The van der Waals surface area contributed by atoms with Crippen molar-refractivity contribution in [3.05, 3.63) is 57.6 Å². The standard InChI is InChI=1S/C33H38N10O2S2/c1-3-43(20(2)22-7-4-10-38-27(22)36)30-24(13-35)29(42-17-33(18-42)26-23(12-34)28(37)47-25(26)15-46-33)39-31(40-30)45-19-32(8-9-32)16-41-11-5-6-21(41)14-44/h4-7,10,20-21,44H,3,8-9,11,14-19,37H2,1-2H3,(H2,36,38)/t20-,21-/m1/s1. The number of aliphatic hydroxyl groups excluding tert-OH is 1. The molecule has 6 heterocycles. The summed E-state index contributed by atoms with van der Waals surface area (Å²) in [5, 5.41) is 30.9. The van der Waals surface area contributed by atoms with Crippen LogP contribution in [0.2, 0.25) is 0 Å². The van der Waals surface area contributed by atoms with Gasteiger partial charge in [0.25, 0.3) is 0 Å². The van der Waals surface area contributed by atoms with E-state index in [1.165, 1.54) is 11.3 Å². The molecule has 1 spiro atoms. The Kier molecular flexibility index (Phi) is 8.17. The first-order chi connectivity index (χ1) is 22.7. The SMILES string of the molecule is CCN(c1nc(OCC2(CN3CC=C[C@@H]3CO)CC2)nc(N2CC3(C2)SCc2sc(N)c(C#N)c23)c1C#N)[C@H](C)c1cccnc1N. The smallest absolute Gasteiger partial charge is 0.320 e. The van der Waals surface area contributed by atoms with Crippen LogP contribution < -0.4 is 26.0 Å². The van der Waals surface area contributed by atoms with Gasteiger partial charge < -0.3 is 31.1 Å². The van der Waals surface area contributed by atoms with Gasteiger partial charge in [0, 0.05) is 66.1 Å². The zero-order valence-corrected chi connectivity index (χ0v) is 28.1. The lowest BCUT2D eigenvalue weighted by Gasteiger charge is -2.49. The number of hydrogen-bond acceptors (Lipinski definition) is 14. The highest BCUT2D eigenvalue weighted by Gasteiger charge is 2.53. The number of nitriles is 2. The van der Waals surface area contributed by atoms with Gasteiger partial charge in [0.15, 0.2) is 11.6 Å². The molecule has 47 heavy (non-hydrogen) atoms. The second-order valence-electron chi connectivity index (χ2n) is 12.9. The highest BCUT2D eigenvalue weighted by Crippen LogP contribution is 2.58. The number of thioether (sulfide) groups is 1. The van der Waals surface area contributed by atoms with E-state index in [-0.39, 0.29) is 34.9 Å². The highest BCUT2D eigenvalue weighted by molar-refractivity contribution is 8.00. The van der Waals surface area contributed by atoms with Gasteiger partial charge >= 0.3 is 6.01 Å². The largest absolute Gasteiger partial charge is 0.463 e. The minimum atomic E-state index is -0.277. The minimum Gasteiger partial charge on any atom is -0.463 e. The van der Waals surface area contributed by atoms with Gasteiger partial charge in [-0.1, -0.05) is 18.2 Å². The van der Waals surface area contributed by atoms with Gasteiger partial charge in [0.05, 0.1) is 35.6 Å². The van der Waals surface area contributed by atoms with Crippen LogP contribution >= 0.6 is 23.1 Å². The molecule has 3 aromatic heterocycles. The first-order valence-corrected chi connectivity index (χ1v) is 17.7. The molecule has 2 fully saturated rings. The number of aliphatic hydroxyl groups is 1. The summed E-state index contributed by atoms with van der Waals surface area (Å²) in [5.74, 6) is 2.25. The first-order valence-electron chi connectivity index (χ1n) is 15.9. The number of anilines is 4. The lowest BCUT2D eigenvalue weighted by Crippen LogP contribution is -2.57. The summed E-state index contributed by atoms with van der Waals surface area (Å²) in [5.41, 5.74) is 15.3. The molecule has 3 aliphatic heterocycles. The van der Waals surface area contributed by atoms with Crippen LogP contribution in [0.15, 0.2) is 30.5 Å². The summed E-state index contributed by atoms with van der Waals surface area (Å²) >= 11 is 3.33. The Morgan fingerprint density at radius 3 is 2.68 bits per heavy atom. The number of rotatable bonds is 11. The first kappa shape index (κ1) is 31.5. The molecule has 0 aromatic carbocycles. The molecule has 3 aromatic rings. The number of nitrogens with two attached hydrogens (primary N) is 2. The molecule has 1 saturated heterocycles. The summed E-state index contributed by atoms with van der Waals surface area (Å²) in [6.07, 6.45) is 7.87. The Morgan fingerprint density at radius 2 is 2.00 bits per heavy atom. The molecule has 0 amide bonds. The third-order valence-corrected chi connectivity index (χ3v) is 12.6. The van der Waals surface area contributed by atoms with Gasteiger partial charge in [-0.3, -0.25) is 4.90 Å². The predicted octanol–water partition coefficient (Wildman–Crippen LogP) is 3.78. The maximum Gasteiger partial charge on any atom is 0.320 e. The monoisotopic (exact) mass is 670 g/mol. The molecule has 244 valence electrons. The molecule has 7 rings (SSSR count). The van der Waals surface area contributed by atoms with Gasteiger partial charge in [-0.15, -0.1) is 23.1 Å². The van der Waals surface area contributed by atoms with Gasteiger partial charge in [0.1, 0.15) is 28.5 Å². The van der Waals surface area contributed by atoms with E-state index in [1.807, 2.05) is 42.6 Å². The van der Waals surface area contributed by atoms with E-state index >= 15 is 0 Å². The Balaban J connectivity index is 1.22. The van der Waals surface area contributed by atoms with Crippen molar-refractivity contribution < 1.29 is 9.84 Å². The van der Waals surface area contributed by atoms with Crippen LogP contribution in [0.25, 0.3) is 0 Å². The van der Waals surface area contributed by atoms with Crippen molar-refractivity contribution in [1.29, 1.82) is 10.5 Å². The fourth-order valence-electron chi connectivity index (χ4n) is 7.16. The average Bonchev–Trinajstić information content (AvgIpc) is 3.33. The van der Waals surface area contributed by atoms with Crippen molar-refractivity contribution in [1.82, 2.24) is 19.9 Å². The second kappa shape index (κ2) is 12.2. The number of aromatic nitrogens is 3. The minimum absolute atomic E-state index is 0.0317. The van der Waals surface area contributed by atoms with Crippen molar-refractivity contribution in [3.63, 3.8) is 0 Å². The number of thiophene rings is 1. The quantitative estimate of drug-likeness (QED) is 0.251. The summed E-state index contributed by atoms with van der Waals surface area (Å²) < 4.78 is 6.16. The van der Waals surface area contributed by atoms with Gasteiger partial charge in [0.2, 0.25) is 0 Å².